The summed E-state index contributed by atoms with van der Waals surface area (Å²) in [6, 6.07) is 13.3. The number of hydrogen-bond donors (Lipinski definition) is 4. The van der Waals surface area contributed by atoms with E-state index in [9.17, 15) is 43.0 Å². The lowest BCUT2D eigenvalue weighted by atomic mass is 9.82. The van der Waals surface area contributed by atoms with Crippen LogP contribution in [0.4, 0.5) is 8.78 Å². The predicted octanol–water partition coefficient (Wildman–Crippen LogP) is 4.67. The fourth-order valence-electron chi connectivity index (χ4n) is 5.77. The van der Waals surface area contributed by atoms with Crippen molar-refractivity contribution in [2.24, 2.45) is 17.3 Å². The molecule has 0 radical (unpaired) electrons. The maximum Gasteiger partial charge on any atom is 0.307 e. The fraction of sp³-hybridized carbons (Fsp3) is 0.417. The first kappa shape index (κ1) is 38.5. The topological polar surface area (TPSA) is 166 Å². The molecule has 3 atom stereocenters. The summed E-state index contributed by atoms with van der Waals surface area (Å²) in [6.45, 7) is 5.66. The van der Waals surface area contributed by atoms with Gasteiger partial charge in [0.25, 0.3) is 0 Å². The lowest BCUT2D eigenvalue weighted by molar-refractivity contribution is -0.146. The summed E-state index contributed by atoms with van der Waals surface area (Å²) in [7, 11) is 0. The Hall–Kier alpha value is -4.91. The Morgan fingerprint density at radius 2 is 1.63 bits per heavy atom. The van der Waals surface area contributed by atoms with Gasteiger partial charge in [-0.15, -0.1) is 0 Å². The van der Waals surface area contributed by atoms with Gasteiger partial charge in [-0.05, 0) is 41.7 Å². The number of carbonyl (C=O) groups excluding carboxylic acids is 3. The number of aliphatic hydroxyl groups excluding tert-OH is 1. The number of carboxylic acids is 2. The van der Waals surface area contributed by atoms with Crippen LogP contribution in [0.15, 0.2) is 60.8 Å². The van der Waals surface area contributed by atoms with Crippen LogP contribution in [0.3, 0.4) is 0 Å². The van der Waals surface area contributed by atoms with Crippen molar-refractivity contribution in [1.29, 1.82) is 0 Å². The van der Waals surface area contributed by atoms with Crippen molar-refractivity contribution in [3.05, 3.63) is 83.7 Å². The monoisotopic (exact) mass is 683 g/mol. The van der Waals surface area contributed by atoms with Gasteiger partial charge in [-0.2, -0.15) is 0 Å². The number of carboxylic acid groups (broad SMARTS) is 2. The summed E-state index contributed by atoms with van der Waals surface area (Å²) in [5.74, 6) is -7.90. The van der Waals surface area contributed by atoms with E-state index in [1.165, 1.54) is 11.8 Å². The molecule has 2 amide bonds. The molecule has 0 aliphatic rings. The molecule has 0 spiro atoms. The number of aliphatic carboxylic acids is 2. The van der Waals surface area contributed by atoms with Gasteiger partial charge in [0.15, 0.2) is 5.78 Å². The number of aromatic nitrogens is 1. The summed E-state index contributed by atoms with van der Waals surface area (Å²) >= 11 is 0. The number of nitrogens with zero attached hydrogens (tertiary/aromatic N) is 2. The van der Waals surface area contributed by atoms with Gasteiger partial charge in [-0.3, -0.25) is 24.0 Å². The number of amides is 2. The van der Waals surface area contributed by atoms with E-state index in [1.54, 1.807) is 12.3 Å². The molecule has 0 aliphatic heterocycles. The highest BCUT2D eigenvalue weighted by atomic mass is 19.1. The Kier molecular flexibility index (Phi) is 13.3. The minimum atomic E-state index is -1.31. The van der Waals surface area contributed by atoms with Crippen molar-refractivity contribution in [3.8, 4) is 11.1 Å². The second-order valence-electron chi connectivity index (χ2n) is 13.2. The fourth-order valence-corrected chi connectivity index (χ4v) is 5.77. The summed E-state index contributed by atoms with van der Waals surface area (Å²) in [4.78, 5) is 62.7. The van der Waals surface area contributed by atoms with E-state index in [0.29, 0.717) is 17.8 Å². The number of benzene rings is 2. The van der Waals surface area contributed by atoms with Crippen molar-refractivity contribution >= 4 is 29.5 Å². The molecule has 3 rings (SSSR count). The number of halogens is 2. The highest BCUT2D eigenvalue weighted by molar-refractivity contribution is 5.90. The molecule has 0 aliphatic carbocycles. The smallest absolute Gasteiger partial charge is 0.307 e. The van der Waals surface area contributed by atoms with Crippen molar-refractivity contribution in [1.82, 2.24) is 14.8 Å². The second-order valence-corrected chi connectivity index (χ2v) is 13.2. The second kappa shape index (κ2) is 17.0. The standard InChI is InChI=1S/C36H43F2N3O8/c1-22(14-32(45)46)34(47)39-18-27(43)15-24(35(48)49)12-13-41(31(44)21-42)33(36(2,3)4)30-16-25(28-17-26(37)10-11-29(28)38)20-40(30)19-23-8-6-5-7-9-23/h5-11,16-17,20,22,24,33,42H,12-15,18-19,21H2,1-4H3,(H,39,47)(H,45,46)(H,48,49). The molecular formula is C36H43F2N3O8. The van der Waals surface area contributed by atoms with Crippen molar-refractivity contribution in [3.63, 3.8) is 0 Å². The summed E-state index contributed by atoms with van der Waals surface area (Å²) in [5, 5.41) is 31.2. The van der Waals surface area contributed by atoms with E-state index in [1.807, 2.05) is 55.7 Å². The minimum Gasteiger partial charge on any atom is -0.481 e. The zero-order chi connectivity index (χ0) is 36.5. The molecule has 1 aromatic heterocycles. The van der Waals surface area contributed by atoms with Crippen LogP contribution in [0.5, 0.6) is 0 Å². The van der Waals surface area contributed by atoms with Crippen molar-refractivity contribution < 1.29 is 48.1 Å². The van der Waals surface area contributed by atoms with Crippen LogP contribution in [0.25, 0.3) is 11.1 Å². The predicted molar refractivity (Wildman–Crippen MR) is 176 cm³/mol. The van der Waals surface area contributed by atoms with Crippen molar-refractivity contribution in [2.75, 3.05) is 19.7 Å². The molecule has 49 heavy (non-hydrogen) atoms. The first-order chi connectivity index (χ1) is 23.0. The first-order valence-electron chi connectivity index (χ1n) is 15.9. The number of carbonyl (C=O) groups is 5. The molecule has 1 heterocycles. The van der Waals surface area contributed by atoms with Crippen LogP contribution >= 0.6 is 0 Å². The van der Waals surface area contributed by atoms with E-state index >= 15 is 0 Å². The van der Waals surface area contributed by atoms with Gasteiger partial charge < -0.3 is 30.1 Å². The average molecular weight is 684 g/mol. The molecule has 0 fully saturated rings. The third-order valence-corrected chi connectivity index (χ3v) is 8.16. The molecule has 0 saturated carbocycles. The van der Waals surface area contributed by atoms with Crippen LogP contribution in [-0.4, -0.2) is 74.0 Å². The van der Waals surface area contributed by atoms with Crippen molar-refractivity contribution in [2.45, 2.75) is 59.5 Å². The summed E-state index contributed by atoms with van der Waals surface area (Å²) in [6.07, 6.45) is 0.560. The van der Waals surface area contributed by atoms with Crippen LogP contribution in [-0.2, 0) is 30.5 Å². The van der Waals surface area contributed by atoms with Gasteiger partial charge in [0.2, 0.25) is 11.8 Å². The molecule has 0 saturated heterocycles. The van der Waals surface area contributed by atoms with Crippen LogP contribution in [0.1, 0.15) is 64.3 Å². The molecule has 264 valence electrons. The van der Waals surface area contributed by atoms with Crippen LogP contribution < -0.4 is 5.32 Å². The largest absolute Gasteiger partial charge is 0.481 e. The molecule has 13 heteroatoms. The zero-order valence-electron chi connectivity index (χ0n) is 28.0. The first-order valence-corrected chi connectivity index (χ1v) is 15.9. The highest BCUT2D eigenvalue weighted by Crippen LogP contribution is 2.41. The van der Waals surface area contributed by atoms with E-state index < -0.39 is 90.5 Å². The van der Waals surface area contributed by atoms with Crippen LogP contribution in [0.2, 0.25) is 0 Å². The summed E-state index contributed by atoms with van der Waals surface area (Å²) in [5.41, 5.74) is 1.03. The lowest BCUT2D eigenvalue weighted by Crippen LogP contribution is -2.44. The van der Waals surface area contributed by atoms with E-state index in [4.69, 9.17) is 5.11 Å². The number of rotatable bonds is 17. The Balaban J connectivity index is 1.96. The van der Waals surface area contributed by atoms with E-state index in [0.717, 1.165) is 23.8 Å². The third kappa shape index (κ3) is 10.8. The Bertz CT molecular complexity index is 1650. The van der Waals surface area contributed by atoms with E-state index in [2.05, 4.69) is 5.32 Å². The van der Waals surface area contributed by atoms with Gasteiger partial charge in [-0.1, -0.05) is 58.0 Å². The molecule has 0 bridgehead atoms. The molecule has 11 nitrogen and oxygen atoms in total. The quantitative estimate of drug-likeness (QED) is 0.159. The summed E-state index contributed by atoms with van der Waals surface area (Å²) < 4.78 is 31.0. The highest BCUT2D eigenvalue weighted by Gasteiger charge is 2.38. The number of hydrogen-bond acceptors (Lipinski definition) is 6. The average Bonchev–Trinajstić information content (AvgIpc) is 3.43. The van der Waals surface area contributed by atoms with Gasteiger partial charge in [0.05, 0.1) is 24.9 Å². The molecular weight excluding hydrogens is 640 g/mol. The normalized spacial score (nSPS) is 13.3. The number of ketones is 1. The molecule has 3 unspecified atom stereocenters. The van der Waals surface area contributed by atoms with Crippen LogP contribution in [0, 0.1) is 28.9 Å². The lowest BCUT2D eigenvalue weighted by Gasteiger charge is -2.41. The minimum absolute atomic E-state index is 0.00894. The van der Waals surface area contributed by atoms with Gasteiger partial charge >= 0.3 is 11.9 Å². The molecule has 2 aromatic carbocycles. The Labute approximate surface area is 283 Å². The number of aliphatic hydroxyl groups is 1. The number of Topliss-reactive ketones (excluding diaryl/α,β-unsaturated/α-hetero) is 1. The maximum absolute atomic E-state index is 15.0. The Morgan fingerprint density at radius 3 is 2.22 bits per heavy atom. The SMILES string of the molecule is CC(CC(=O)O)C(=O)NCC(=O)CC(CCN(C(=O)CO)C(c1cc(-c2cc(F)ccc2F)cn1Cc1ccccc1)C(C)(C)C)C(=O)O. The maximum atomic E-state index is 15.0. The Morgan fingerprint density at radius 1 is 0.959 bits per heavy atom. The van der Waals surface area contributed by atoms with E-state index in [-0.39, 0.29) is 18.5 Å². The van der Waals surface area contributed by atoms with Gasteiger partial charge in [-0.25, -0.2) is 8.78 Å². The number of nitrogens with one attached hydrogen (secondary N) is 1. The third-order valence-electron chi connectivity index (χ3n) is 8.16. The molecule has 4 N–H and O–H groups in total. The zero-order valence-corrected chi connectivity index (χ0v) is 28.0. The molecule has 3 aromatic rings. The van der Waals surface area contributed by atoms with Gasteiger partial charge in [0.1, 0.15) is 18.2 Å². The van der Waals surface area contributed by atoms with Gasteiger partial charge in [0, 0.05) is 48.4 Å².